The van der Waals surface area contributed by atoms with Crippen molar-refractivity contribution in [3.8, 4) is 16.9 Å². The fourth-order valence-electron chi connectivity index (χ4n) is 4.36. The largest absolute Gasteiger partial charge is 0.490 e. The van der Waals surface area contributed by atoms with Crippen LogP contribution in [-0.2, 0) is 0 Å². The number of benzene rings is 3. The second kappa shape index (κ2) is 10.00. The Morgan fingerprint density at radius 1 is 0.853 bits per heavy atom. The van der Waals surface area contributed by atoms with E-state index < -0.39 is 29.1 Å². The number of allylic oxidation sites excluding steroid dienone is 2. The van der Waals surface area contributed by atoms with Crippen molar-refractivity contribution >= 4 is 5.57 Å². The summed E-state index contributed by atoms with van der Waals surface area (Å²) in [6.07, 6.45) is 3.98. The number of hydrogen-bond donors (Lipinski definition) is 0. The van der Waals surface area contributed by atoms with Crippen LogP contribution in [-0.4, -0.2) is 6.61 Å². The monoisotopic (exact) mass is 472 g/mol. The lowest BCUT2D eigenvalue weighted by Crippen LogP contribution is -2.08. The van der Waals surface area contributed by atoms with Crippen LogP contribution in [0, 0.1) is 36.0 Å². The minimum Gasteiger partial charge on any atom is -0.490 e. The lowest BCUT2D eigenvalue weighted by atomic mass is 9.82. The van der Waals surface area contributed by atoms with E-state index in [0.29, 0.717) is 36.8 Å². The molecular formula is C28H25F5O. The molecule has 1 aliphatic rings. The standard InChI is InChI=1S/C28H25F5O/c1-3-14-34-24-13-12-22(27(32)28(24)33)19-9-11-20(23(29)15-19)17-5-7-18(8-6-17)21-10-4-16(2)25(30)26(21)31/h4-5,9-13,15,18H,3,6-8,14H2,1-2H3. The van der Waals surface area contributed by atoms with Gasteiger partial charge in [-0.1, -0.05) is 37.3 Å². The van der Waals surface area contributed by atoms with Crippen LogP contribution in [0.2, 0.25) is 0 Å². The third-order valence-corrected chi connectivity index (χ3v) is 6.29. The average molecular weight is 472 g/mol. The summed E-state index contributed by atoms with van der Waals surface area (Å²) in [6, 6.07) is 10.2. The molecule has 0 heterocycles. The smallest absolute Gasteiger partial charge is 0.201 e. The van der Waals surface area contributed by atoms with Crippen LogP contribution < -0.4 is 4.74 Å². The lowest BCUT2D eigenvalue weighted by Gasteiger charge is -2.23. The van der Waals surface area contributed by atoms with E-state index in [-0.39, 0.29) is 35.0 Å². The van der Waals surface area contributed by atoms with Gasteiger partial charge in [0.1, 0.15) is 5.82 Å². The summed E-state index contributed by atoms with van der Waals surface area (Å²) in [5.41, 5.74) is 1.87. The molecule has 178 valence electrons. The number of hydrogen-bond acceptors (Lipinski definition) is 1. The minimum absolute atomic E-state index is 0.0543. The van der Waals surface area contributed by atoms with E-state index >= 15 is 0 Å². The number of ether oxygens (including phenoxy) is 1. The van der Waals surface area contributed by atoms with Gasteiger partial charge < -0.3 is 4.74 Å². The van der Waals surface area contributed by atoms with E-state index in [1.54, 1.807) is 24.3 Å². The topological polar surface area (TPSA) is 9.23 Å². The second-order valence-corrected chi connectivity index (χ2v) is 8.58. The fraction of sp³-hybridized carbons (Fsp3) is 0.286. The molecule has 3 aromatic carbocycles. The van der Waals surface area contributed by atoms with E-state index in [9.17, 15) is 22.0 Å². The maximum absolute atomic E-state index is 15.0. The molecule has 0 saturated carbocycles. The Hall–Kier alpha value is -3.15. The molecule has 1 aliphatic carbocycles. The van der Waals surface area contributed by atoms with Gasteiger partial charge in [0.15, 0.2) is 23.2 Å². The number of rotatable bonds is 6. The third-order valence-electron chi connectivity index (χ3n) is 6.29. The highest BCUT2D eigenvalue weighted by molar-refractivity contribution is 5.72. The zero-order valence-corrected chi connectivity index (χ0v) is 19.0. The summed E-state index contributed by atoms with van der Waals surface area (Å²) in [5.74, 6) is -4.76. The SMILES string of the molecule is CCCOc1ccc(-c2ccc(C3=CCC(c4ccc(C)c(F)c4F)CC3)c(F)c2)c(F)c1F. The first kappa shape index (κ1) is 24.0. The Morgan fingerprint density at radius 2 is 1.62 bits per heavy atom. The molecule has 0 bridgehead atoms. The summed E-state index contributed by atoms with van der Waals surface area (Å²) < 4.78 is 77.4. The molecule has 6 heteroatoms. The highest BCUT2D eigenvalue weighted by Gasteiger charge is 2.24. The molecular weight excluding hydrogens is 447 g/mol. The molecule has 1 unspecified atom stereocenters. The van der Waals surface area contributed by atoms with Crippen LogP contribution in [0.15, 0.2) is 48.5 Å². The van der Waals surface area contributed by atoms with Crippen LogP contribution in [0.1, 0.15) is 55.2 Å². The van der Waals surface area contributed by atoms with Gasteiger partial charge in [-0.3, -0.25) is 0 Å². The summed E-state index contributed by atoms with van der Waals surface area (Å²) in [7, 11) is 0. The second-order valence-electron chi connectivity index (χ2n) is 8.58. The Morgan fingerprint density at radius 3 is 2.29 bits per heavy atom. The van der Waals surface area contributed by atoms with Gasteiger partial charge >= 0.3 is 0 Å². The van der Waals surface area contributed by atoms with E-state index in [1.165, 1.54) is 25.1 Å². The highest BCUT2D eigenvalue weighted by atomic mass is 19.2. The molecule has 0 spiro atoms. The molecule has 0 amide bonds. The van der Waals surface area contributed by atoms with Crippen LogP contribution in [0.25, 0.3) is 16.7 Å². The van der Waals surface area contributed by atoms with Gasteiger partial charge in [-0.15, -0.1) is 0 Å². The van der Waals surface area contributed by atoms with Gasteiger partial charge in [-0.2, -0.15) is 4.39 Å². The normalized spacial score (nSPS) is 15.9. The van der Waals surface area contributed by atoms with Gasteiger partial charge in [0.25, 0.3) is 0 Å². The zero-order chi connectivity index (χ0) is 24.4. The van der Waals surface area contributed by atoms with Crippen LogP contribution in [0.5, 0.6) is 5.75 Å². The Kier molecular flexibility index (Phi) is 7.05. The maximum Gasteiger partial charge on any atom is 0.201 e. The van der Waals surface area contributed by atoms with Crippen molar-refractivity contribution in [2.75, 3.05) is 6.61 Å². The van der Waals surface area contributed by atoms with Crippen molar-refractivity contribution in [1.29, 1.82) is 0 Å². The van der Waals surface area contributed by atoms with E-state index in [0.717, 1.165) is 5.57 Å². The summed E-state index contributed by atoms with van der Waals surface area (Å²) in [4.78, 5) is 0. The summed E-state index contributed by atoms with van der Waals surface area (Å²) >= 11 is 0. The van der Waals surface area contributed by atoms with Gasteiger partial charge in [0, 0.05) is 11.1 Å². The van der Waals surface area contributed by atoms with Crippen molar-refractivity contribution in [1.82, 2.24) is 0 Å². The number of halogens is 5. The van der Waals surface area contributed by atoms with E-state index in [4.69, 9.17) is 4.74 Å². The first-order valence-corrected chi connectivity index (χ1v) is 11.4. The Bertz CT molecular complexity index is 1250. The predicted molar refractivity (Wildman–Crippen MR) is 123 cm³/mol. The lowest BCUT2D eigenvalue weighted by molar-refractivity contribution is 0.295. The van der Waals surface area contributed by atoms with Crippen molar-refractivity contribution in [3.05, 3.63) is 94.3 Å². The molecule has 0 N–H and O–H groups in total. The summed E-state index contributed by atoms with van der Waals surface area (Å²) in [6.45, 7) is 3.64. The van der Waals surface area contributed by atoms with Crippen LogP contribution in [0.3, 0.4) is 0 Å². The Balaban J connectivity index is 1.56. The quantitative estimate of drug-likeness (QED) is 0.327. The van der Waals surface area contributed by atoms with E-state index in [1.807, 2.05) is 13.0 Å². The minimum atomic E-state index is -1.10. The van der Waals surface area contributed by atoms with Crippen molar-refractivity contribution in [3.63, 3.8) is 0 Å². The first-order chi connectivity index (χ1) is 16.3. The zero-order valence-electron chi connectivity index (χ0n) is 19.0. The average Bonchev–Trinajstić information content (AvgIpc) is 2.84. The van der Waals surface area contributed by atoms with Crippen molar-refractivity contribution in [2.45, 2.75) is 45.4 Å². The molecule has 0 aromatic heterocycles. The number of aryl methyl sites for hydroxylation is 1. The molecule has 0 radical (unpaired) electrons. The first-order valence-electron chi connectivity index (χ1n) is 11.4. The molecule has 0 fully saturated rings. The molecule has 3 aromatic rings. The van der Waals surface area contributed by atoms with Gasteiger partial charge in [0.2, 0.25) is 5.82 Å². The maximum atomic E-state index is 15.0. The molecule has 1 nitrogen and oxygen atoms in total. The van der Waals surface area contributed by atoms with Gasteiger partial charge in [-0.25, -0.2) is 17.6 Å². The van der Waals surface area contributed by atoms with Gasteiger partial charge in [0.05, 0.1) is 6.61 Å². The van der Waals surface area contributed by atoms with E-state index in [2.05, 4.69) is 0 Å². The Labute approximate surface area is 195 Å². The molecule has 0 aliphatic heterocycles. The highest BCUT2D eigenvalue weighted by Crippen LogP contribution is 2.39. The molecule has 34 heavy (non-hydrogen) atoms. The molecule has 4 rings (SSSR count). The summed E-state index contributed by atoms with van der Waals surface area (Å²) in [5, 5.41) is 0. The predicted octanol–water partition coefficient (Wildman–Crippen LogP) is 8.50. The van der Waals surface area contributed by atoms with Crippen molar-refractivity contribution in [2.24, 2.45) is 0 Å². The van der Waals surface area contributed by atoms with Crippen molar-refractivity contribution < 1.29 is 26.7 Å². The van der Waals surface area contributed by atoms with Crippen LogP contribution >= 0.6 is 0 Å². The third kappa shape index (κ3) is 4.59. The molecule has 0 saturated heterocycles. The fourth-order valence-corrected chi connectivity index (χ4v) is 4.36. The van der Waals surface area contributed by atoms with Crippen LogP contribution in [0.4, 0.5) is 22.0 Å². The van der Waals surface area contributed by atoms with Gasteiger partial charge in [-0.05, 0) is 79.0 Å². The molecule has 1 atom stereocenters.